The molecular formula is C17H24F3NO3. The first-order valence-electron chi connectivity index (χ1n) is 8.40. The lowest BCUT2D eigenvalue weighted by molar-refractivity contribution is -0.176. The SMILES string of the molecule is COC(=O)CCC/C=C\C[C@H]1C2CC(C2)C[C@@H]1NC(=O)C(F)(F)F. The highest BCUT2D eigenvalue weighted by Crippen LogP contribution is 2.50. The molecular weight excluding hydrogens is 323 g/mol. The summed E-state index contributed by atoms with van der Waals surface area (Å²) in [5.41, 5.74) is 0. The Morgan fingerprint density at radius 1 is 1.21 bits per heavy atom. The summed E-state index contributed by atoms with van der Waals surface area (Å²) in [4.78, 5) is 22.2. The van der Waals surface area contributed by atoms with Crippen LogP contribution in [-0.2, 0) is 14.3 Å². The molecule has 0 aromatic carbocycles. The third-order valence-corrected chi connectivity index (χ3v) is 5.11. The number of rotatable bonds is 7. The predicted octanol–water partition coefficient (Wildman–Crippen LogP) is 3.37. The molecule has 24 heavy (non-hydrogen) atoms. The van der Waals surface area contributed by atoms with E-state index >= 15 is 0 Å². The topological polar surface area (TPSA) is 55.4 Å². The number of hydrogen-bond acceptors (Lipinski definition) is 3. The van der Waals surface area contributed by atoms with E-state index in [-0.39, 0.29) is 11.9 Å². The molecule has 0 spiro atoms. The fraction of sp³-hybridized carbons (Fsp3) is 0.765. The van der Waals surface area contributed by atoms with Crippen molar-refractivity contribution in [2.75, 3.05) is 7.11 Å². The van der Waals surface area contributed by atoms with Gasteiger partial charge in [0.2, 0.25) is 0 Å². The normalized spacial score (nSPS) is 29.2. The molecule has 136 valence electrons. The lowest BCUT2D eigenvalue weighted by atomic mass is 9.57. The highest BCUT2D eigenvalue weighted by atomic mass is 19.4. The van der Waals surface area contributed by atoms with Crippen molar-refractivity contribution in [2.45, 2.75) is 57.2 Å². The lowest BCUT2D eigenvalue weighted by Crippen LogP contribution is -2.55. The van der Waals surface area contributed by atoms with Crippen molar-refractivity contribution in [3.8, 4) is 0 Å². The van der Waals surface area contributed by atoms with Crippen LogP contribution in [0.25, 0.3) is 0 Å². The molecule has 0 saturated heterocycles. The number of carbonyl (C=O) groups is 2. The van der Waals surface area contributed by atoms with Crippen molar-refractivity contribution < 1.29 is 27.5 Å². The van der Waals surface area contributed by atoms with E-state index < -0.39 is 18.1 Å². The minimum Gasteiger partial charge on any atom is -0.469 e. The van der Waals surface area contributed by atoms with Gasteiger partial charge in [-0.1, -0.05) is 12.2 Å². The van der Waals surface area contributed by atoms with Gasteiger partial charge >= 0.3 is 18.1 Å². The average Bonchev–Trinajstić information content (AvgIpc) is 2.49. The van der Waals surface area contributed by atoms with E-state index in [1.165, 1.54) is 7.11 Å². The van der Waals surface area contributed by atoms with E-state index in [2.05, 4.69) is 10.1 Å². The maximum atomic E-state index is 12.5. The van der Waals surface area contributed by atoms with Gasteiger partial charge in [0.25, 0.3) is 0 Å². The number of allylic oxidation sites excluding steroid dienone is 2. The van der Waals surface area contributed by atoms with Crippen LogP contribution in [0.4, 0.5) is 13.2 Å². The molecule has 2 bridgehead atoms. The van der Waals surface area contributed by atoms with Gasteiger partial charge in [-0.25, -0.2) is 0 Å². The zero-order valence-electron chi connectivity index (χ0n) is 13.8. The van der Waals surface area contributed by atoms with Crippen LogP contribution >= 0.6 is 0 Å². The highest BCUT2D eigenvalue weighted by molar-refractivity contribution is 5.82. The van der Waals surface area contributed by atoms with Gasteiger partial charge in [-0.3, -0.25) is 9.59 Å². The number of halogens is 3. The van der Waals surface area contributed by atoms with E-state index in [4.69, 9.17) is 0 Å². The van der Waals surface area contributed by atoms with Crippen molar-refractivity contribution in [2.24, 2.45) is 17.8 Å². The zero-order valence-corrected chi connectivity index (χ0v) is 13.8. The Morgan fingerprint density at radius 3 is 2.54 bits per heavy atom. The van der Waals surface area contributed by atoms with Crippen molar-refractivity contribution >= 4 is 11.9 Å². The summed E-state index contributed by atoms with van der Waals surface area (Å²) < 4.78 is 41.9. The Morgan fingerprint density at radius 2 is 1.92 bits per heavy atom. The van der Waals surface area contributed by atoms with Crippen LogP contribution in [0.15, 0.2) is 12.2 Å². The van der Waals surface area contributed by atoms with Gasteiger partial charge in [0.15, 0.2) is 0 Å². The molecule has 4 nitrogen and oxygen atoms in total. The van der Waals surface area contributed by atoms with Crippen LogP contribution in [0, 0.1) is 17.8 Å². The van der Waals surface area contributed by atoms with Crippen LogP contribution in [0.3, 0.4) is 0 Å². The monoisotopic (exact) mass is 347 g/mol. The molecule has 3 aliphatic rings. The van der Waals surface area contributed by atoms with Crippen molar-refractivity contribution in [1.82, 2.24) is 5.32 Å². The fourth-order valence-corrected chi connectivity index (χ4v) is 3.80. The standard InChI is InChI=1S/C17H24F3NO3/c1-24-15(22)7-5-3-2-4-6-13-12-8-11(9-12)10-14(13)21-16(23)17(18,19)20/h2,4,11-14H,3,5-10H2,1H3,(H,21,23)/b4-2-/t11?,12?,13-,14-/m0/s1. The van der Waals surface area contributed by atoms with Gasteiger partial charge in [-0.2, -0.15) is 13.2 Å². The summed E-state index contributed by atoms with van der Waals surface area (Å²) in [5.74, 6) is -1.15. The molecule has 3 rings (SSSR count). The molecule has 0 heterocycles. The summed E-state index contributed by atoms with van der Waals surface area (Å²) >= 11 is 0. The number of ether oxygens (including phenoxy) is 1. The van der Waals surface area contributed by atoms with Gasteiger partial charge in [0.05, 0.1) is 7.11 Å². The van der Waals surface area contributed by atoms with Crippen LogP contribution in [0.1, 0.15) is 44.9 Å². The first-order valence-corrected chi connectivity index (χ1v) is 8.40. The summed E-state index contributed by atoms with van der Waals surface area (Å²) in [6, 6.07) is -0.392. The average molecular weight is 347 g/mol. The fourth-order valence-electron chi connectivity index (χ4n) is 3.80. The molecule has 0 aromatic rings. The number of unbranched alkanes of at least 4 members (excludes halogenated alkanes) is 1. The van der Waals surface area contributed by atoms with E-state index in [1.54, 1.807) is 0 Å². The third kappa shape index (κ3) is 4.98. The Hall–Kier alpha value is -1.53. The van der Waals surface area contributed by atoms with Crippen LogP contribution in [0.5, 0.6) is 0 Å². The highest BCUT2D eigenvalue weighted by Gasteiger charge is 2.48. The van der Waals surface area contributed by atoms with E-state index in [1.807, 2.05) is 12.2 Å². The minimum atomic E-state index is -4.82. The van der Waals surface area contributed by atoms with Gasteiger partial charge in [0.1, 0.15) is 0 Å². The number of amides is 1. The molecule has 0 aliphatic heterocycles. The minimum absolute atomic E-state index is 0.0677. The predicted molar refractivity (Wildman–Crippen MR) is 81.9 cm³/mol. The number of methoxy groups -OCH3 is 1. The Labute approximate surface area is 139 Å². The molecule has 7 heteroatoms. The number of fused-ring (bicyclic) bond motifs is 2. The summed E-state index contributed by atoms with van der Waals surface area (Å²) in [6.07, 6.45) is 4.29. The second kappa shape index (κ2) is 8.03. The van der Waals surface area contributed by atoms with Gasteiger partial charge in [-0.05, 0) is 56.3 Å². The molecule has 1 amide bonds. The number of alkyl halides is 3. The summed E-state index contributed by atoms with van der Waals surface area (Å²) in [6.45, 7) is 0. The van der Waals surface area contributed by atoms with Crippen molar-refractivity contribution in [3.05, 3.63) is 12.2 Å². The quantitative estimate of drug-likeness (QED) is 0.436. The van der Waals surface area contributed by atoms with Crippen molar-refractivity contribution in [1.29, 1.82) is 0 Å². The molecule has 0 unspecified atom stereocenters. The maximum Gasteiger partial charge on any atom is 0.471 e. The second-order valence-electron chi connectivity index (χ2n) is 6.75. The number of hydrogen-bond donors (Lipinski definition) is 1. The second-order valence-corrected chi connectivity index (χ2v) is 6.75. The molecule has 0 radical (unpaired) electrons. The van der Waals surface area contributed by atoms with E-state index in [9.17, 15) is 22.8 Å². The smallest absolute Gasteiger partial charge is 0.469 e. The number of esters is 1. The van der Waals surface area contributed by atoms with Crippen molar-refractivity contribution in [3.63, 3.8) is 0 Å². The molecule has 0 aromatic heterocycles. The van der Waals surface area contributed by atoms with E-state index in [0.717, 1.165) is 19.3 Å². The van der Waals surface area contributed by atoms with Crippen LogP contribution in [-0.4, -0.2) is 31.2 Å². The zero-order chi connectivity index (χ0) is 17.7. The Balaban J connectivity index is 1.80. The Kier molecular flexibility index (Phi) is 6.29. The number of carbonyl (C=O) groups excluding carboxylic acids is 2. The van der Waals surface area contributed by atoms with Crippen LogP contribution < -0.4 is 5.32 Å². The Bertz CT molecular complexity index is 484. The molecule has 3 fully saturated rings. The third-order valence-electron chi connectivity index (χ3n) is 5.11. The molecule has 3 saturated carbocycles. The van der Waals surface area contributed by atoms with E-state index in [0.29, 0.717) is 37.5 Å². The van der Waals surface area contributed by atoms with Gasteiger partial charge < -0.3 is 10.1 Å². The summed E-state index contributed by atoms with van der Waals surface area (Å²) in [7, 11) is 1.35. The molecule has 2 atom stereocenters. The summed E-state index contributed by atoms with van der Waals surface area (Å²) in [5, 5.41) is 2.19. The molecule has 3 aliphatic carbocycles. The largest absolute Gasteiger partial charge is 0.471 e. The first kappa shape index (κ1) is 18.8. The number of nitrogens with one attached hydrogen (secondary N) is 1. The van der Waals surface area contributed by atoms with Gasteiger partial charge in [0, 0.05) is 12.5 Å². The first-order chi connectivity index (χ1) is 11.3. The lowest BCUT2D eigenvalue weighted by Gasteiger charge is -2.51. The van der Waals surface area contributed by atoms with Gasteiger partial charge in [-0.15, -0.1) is 0 Å². The maximum absolute atomic E-state index is 12.5. The van der Waals surface area contributed by atoms with Crippen LogP contribution in [0.2, 0.25) is 0 Å². The molecule has 1 N–H and O–H groups in total.